The second-order valence-corrected chi connectivity index (χ2v) is 6.95. The maximum atomic E-state index is 12.4. The zero-order valence-electron chi connectivity index (χ0n) is 16.2. The third-order valence-electron chi connectivity index (χ3n) is 4.93. The molecule has 0 aliphatic heterocycles. The summed E-state index contributed by atoms with van der Waals surface area (Å²) >= 11 is 0. The van der Waals surface area contributed by atoms with Crippen LogP contribution in [0.5, 0.6) is 11.5 Å². The zero-order valence-corrected chi connectivity index (χ0v) is 16.2. The Morgan fingerprint density at radius 1 is 1.00 bits per heavy atom. The molecule has 0 atom stereocenters. The van der Waals surface area contributed by atoms with Crippen LogP contribution in [0.3, 0.4) is 0 Å². The van der Waals surface area contributed by atoms with Crippen molar-refractivity contribution in [2.75, 3.05) is 6.61 Å². The van der Waals surface area contributed by atoms with Gasteiger partial charge in [-0.25, -0.2) is 0 Å². The second kappa shape index (κ2) is 9.88. The van der Waals surface area contributed by atoms with Crippen LogP contribution in [0.15, 0.2) is 54.6 Å². The van der Waals surface area contributed by atoms with Crippen LogP contribution in [-0.4, -0.2) is 18.4 Å². The Bertz CT molecular complexity index is 830. The summed E-state index contributed by atoms with van der Waals surface area (Å²) in [5.74, 6) is 0.961. The molecule has 1 aliphatic carbocycles. The van der Waals surface area contributed by atoms with E-state index in [0.29, 0.717) is 17.9 Å². The Balaban J connectivity index is 1.61. The Labute approximate surface area is 166 Å². The summed E-state index contributed by atoms with van der Waals surface area (Å²) in [6.45, 7) is 2.49. The van der Waals surface area contributed by atoms with Crippen LogP contribution in [0.25, 0.3) is 6.08 Å². The molecule has 1 aliphatic rings. The van der Waals surface area contributed by atoms with Gasteiger partial charge in [-0.2, -0.15) is 0 Å². The van der Waals surface area contributed by atoms with Crippen LogP contribution in [0.1, 0.15) is 54.9 Å². The summed E-state index contributed by atoms with van der Waals surface area (Å²) < 4.78 is 11.0. The van der Waals surface area contributed by atoms with E-state index in [4.69, 9.17) is 9.47 Å². The quantitative estimate of drug-likeness (QED) is 0.278. The standard InChI is InChI=1S/C24H26O4/c1-2-27-23-11-7-6-8-19(23)14-17-22(25)18-12-15-21(16-13-18)28-24(26)20-9-4-3-5-10-20/h6-8,11-17,20H,2-5,9-10H2,1H3. The molecular formula is C24H26O4. The van der Waals surface area contributed by atoms with Gasteiger partial charge >= 0.3 is 5.97 Å². The summed E-state index contributed by atoms with van der Waals surface area (Å²) in [5, 5.41) is 0. The molecule has 0 bridgehead atoms. The summed E-state index contributed by atoms with van der Waals surface area (Å²) in [5.41, 5.74) is 1.40. The molecule has 3 rings (SSSR count). The topological polar surface area (TPSA) is 52.6 Å². The van der Waals surface area contributed by atoms with E-state index in [2.05, 4.69) is 0 Å². The lowest BCUT2D eigenvalue weighted by atomic mass is 9.89. The van der Waals surface area contributed by atoms with Crippen molar-refractivity contribution in [1.29, 1.82) is 0 Å². The number of carbonyl (C=O) groups excluding carboxylic acids is 2. The number of ether oxygens (including phenoxy) is 2. The highest BCUT2D eigenvalue weighted by molar-refractivity contribution is 6.07. The van der Waals surface area contributed by atoms with Crippen LogP contribution in [0, 0.1) is 5.92 Å². The van der Waals surface area contributed by atoms with Crippen LogP contribution < -0.4 is 9.47 Å². The summed E-state index contributed by atoms with van der Waals surface area (Å²) in [4.78, 5) is 24.7. The van der Waals surface area contributed by atoms with Gasteiger partial charge in [-0.15, -0.1) is 0 Å². The molecule has 0 amide bonds. The molecule has 1 fully saturated rings. The Kier molecular flexibility index (Phi) is 7.01. The predicted molar refractivity (Wildman–Crippen MR) is 110 cm³/mol. The number of allylic oxidation sites excluding steroid dienone is 1. The van der Waals surface area contributed by atoms with E-state index >= 15 is 0 Å². The van der Waals surface area contributed by atoms with Crippen molar-refractivity contribution in [3.63, 3.8) is 0 Å². The third-order valence-corrected chi connectivity index (χ3v) is 4.93. The smallest absolute Gasteiger partial charge is 0.314 e. The number of benzene rings is 2. The number of carbonyl (C=O) groups is 2. The number of esters is 1. The monoisotopic (exact) mass is 378 g/mol. The molecule has 0 unspecified atom stereocenters. The fourth-order valence-electron chi connectivity index (χ4n) is 3.39. The number of hydrogen-bond donors (Lipinski definition) is 0. The second-order valence-electron chi connectivity index (χ2n) is 6.95. The summed E-state index contributed by atoms with van der Waals surface area (Å²) in [7, 11) is 0. The van der Waals surface area contributed by atoms with E-state index in [0.717, 1.165) is 37.0 Å². The van der Waals surface area contributed by atoms with Crippen molar-refractivity contribution >= 4 is 17.8 Å². The van der Waals surface area contributed by atoms with Crippen LogP contribution >= 0.6 is 0 Å². The molecule has 0 N–H and O–H groups in total. The van der Waals surface area contributed by atoms with Gasteiger partial charge in [-0.3, -0.25) is 9.59 Å². The molecule has 1 saturated carbocycles. The minimum atomic E-state index is -0.161. The van der Waals surface area contributed by atoms with E-state index < -0.39 is 0 Å². The lowest BCUT2D eigenvalue weighted by molar-refractivity contribution is -0.139. The number of rotatable bonds is 7. The average molecular weight is 378 g/mol. The fourth-order valence-corrected chi connectivity index (χ4v) is 3.39. The van der Waals surface area contributed by atoms with Gasteiger partial charge in [0.25, 0.3) is 0 Å². The molecular weight excluding hydrogens is 352 g/mol. The first-order chi connectivity index (χ1) is 13.7. The molecule has 28 heavy (non-hydrogen) atoms. The molecule has 0 heterocycles. The van der Waals surface area contributed by atoms with Crippen molar-refractivity contribution in [1.82, 2.24) is 0 Å². The third kappa shape index (κ3) is 5.32. The fraction of sp³-hybridized carbons (Fsp3) is 0.333. The molecule has 0 spiro atoms. The van der Waals surface area contributed by atoms with E-state index in [9.17, 15) is 9.59 Å². The van der Waals surface area contributed by atoms with Crippen LogP contribution in [0.4, 0.5) is 0 Å². The van der Waals surface area contributed by atoms with Gasteiger partial charge < -0.3 is 9.47 Å². The van der Waals surface area contributed by atoms with Crippen molar-refractivity contribution in [3.8, 4) is 11.5 Å². The van der Waals surface area contributed by atoms with Crippen molar-refractivity contribution < 1.29 is 19.1 Å². The number of para-hydroxylation sites is 1. The molecule has 0 saturated heterocycles. The van der Waals surface area contributed by atoms with Crippen molar-refractivity contribution in [2.24, 2.45) is 5.92 Å². The Hall–Kier alpha value is -2.88. The van der Waals surface area contributed by atoms with E-state index in [1.54, 1.807) is 30.3 Å². The SMILES string of the molecule is CCOc1ccccc1C=CC(=O)c1ccc(OC(=O)C2CCCCC2)cc1. The molecule has 4 heteroatoms. The molecule has 146 valence electrons. The molecule has 0 aromatic heterocycles. The van der Waals surface area contributed by atoms with Gasteiger partial charge in [-0.1, -0.05) is 37.5 Å². The maximum absolute atomic E-state index is 12.4. The van der Waals surface area contributed by atoms with Crippen molar-refractivity contribution in [2.45, 2.75) is 39.0 Å². The lowest BCUT2D eigenvalue weighted by Crippen LogP contribution is -2.22. The van der Waals surface area contributed by atoms with Gasteiger partial charge in [0.15, 0.2) is 5.78 Å². The van der Waals surface area contributed by atoms with Gasteiger partial charge in [0.1, 0.15) is 11.5 Å². The van der Waals surface area contributed by atoms with Crippen LogP contribution in [0.2, 0.25) is 0 Å². The molecule has 0 radical (unpaired) electrons. The van der Waals surface area contributed by atoms with Crippen molar-refractivity contribution in [3.05, 3.63) is 65.7 Å². The summed E-state index contributed by atoms with van der Waals surface area (Å²) in [6, 6.07) is 14.3. The van der Waals surface area contributed by atoms with Gasteiger partial charge in [0.2, 0.25) is 0 Å². The highest BCUT2D eigenvalue weighted by Gasteiger charge is 2.22. The zero-order chi connectivity index (χ0) is 19.8. The molecule has 2 aromatic rings. The lowest BCUT2D eigenvalue weighted by Gasteiger charge is -2.19. The minimum Gasteiger partial charge on any atom is -0.493 e. The summed E-state index contributed by atoms with van der Waals surface area (Å²) in [6.07, 6.45) is 8.47. The first-order valence-corrected chi connectivity index (χ1v) is 9.93. The Morgan fingerprint density at radius 3 is 2.43 bits per heavy atom. The van der Waals surface area contributed by atoms with Gasteiger partial charge in [0.05, 0.1) is 12.5 Å². The highest BCUT2D eigenvalue weighted by Crippen LogP contribution is 2.26. The molecule has 4 nitrogen and oxygen atoms in total. The normalized spacial score (nSPS) is 14.8. The molecule has 2 aromatic carbocycles. The van der Waals surface area contributed by atoms with E-state index in [-0.39, 0.29) is 17.7 Å². The number of hydrogen-bond acceptors (Lipinski definition) is 4. The van der Waals surface area contributed by atoms with Gasteiger partial charge in [-0.05, 0) is 62.2 Å². The van der Waals surface area contributed by atoms with E-state index in [1.807, 2.05) is 31.2 Å². The van der Waals surface area contributed by atoms with E-state index in [1.165, 1.54) is 12.5 Å². The van der Waals surface area contributed by atoms with Crippen LogP contribution in [-0.2, 0) is 4.79 Å². The predicted octanol–water partition coefficient (Wildman–Crippen LogP) is 5.47. The van der Waals surface area contributed by atoms with Gasteiger partial charge in [0, 0.05) is 11.1 Å². The highest BCUT2D eigenvalue weighted by atomic mass is 16.5. The minimum absolute atomic E-state index is 0.00315. The number of ketones is 1. The Morgan fingerprint density at radius 2 is 1.71 bits per heavy atom. The largest absolute Gasteiger partial charge is 0.493 e. The maximum Gasteiger partial charge on any atom is 0.314 e. The first-order valence-electron chi connectivity index (χ1n) is 9.93. The first kappa shape index (κ1) is 19.9. The average Bonchev–Trinajstić information content (AvgIpc) is 2.74.